The highest BCUT2D eigenvalue weighted by Crippen LogP contribution is 2.47. The molecule has 0 heterocycles. The Morgan fingerprint density at radius 3 is 2.41 bits per heavy atom. The number of benzene rings is 3. The third-order valence-electron chi connectivity index (χ3n) is 5.10. The van der Waals surface area contributed by atoms with Gasteiger partial charge in [0, 0.05) is 10.9 Å². The SMILES string of the molecule is F/C(=C/Cc1cccc(Oc2ccc(F)cc2)c1)C(c1ccc(Cl)cc1)C1CC1. The van der Waals surface area contributed by atoms with Crippen molar-refractivity contribution in [2.45, 2.75) is 25.2 Å². The number of rotatable bonds is 7. The van der Waals surface area contributed by atoms with Crippen LogP contribution in [0.15, 0.2) is 84.7 Å². The molecule has 0 aromatic heterocycles. The Kier molecular flexibility index (Phi) is 5.96. The Labute approximate surface area is 174 Å². The molecule has 0 radical (unpaired) electrons. The molecule has 3 aromatic rings. The van der Waals surface area contributed by atoms with Crippen molar-refractivity contribution >= 4 is 11.6 Å². The van der Waals surface area contributed by atoms with Crippen LogP contribution in [-0.4, -0.2) is 0 Å². The van der Waals surface area contributed by atoms with Gasteiger partial charge >= 0.3 is 0 Å². The van der Waals surface area contributed by atoms with Crippen LogP contribution in [0.4, 0.5) is 8.78 Å². The summed E-state index contributed by atoms with van der Waals surface area (Å²) < 4.78 is 33.9. The van der Waals surface area contributed by atoms with E-state index in [1.165, 1.54) is 12.1 Å². The van der Waals surface area contributed by atoms with E-state index < -0.39 is 0 Å². The molecule has 1 saturated carbocycles. The zero-order chi connectivity index (χ0) is 20.2. The average Bonchev–Trinajstić information content (AvgIpc) is 3.55. The van der Waals surface area contributed by atoms with Gasteiger partial charge in [0.1, 0.15) is 23.1 Å². The van der Waals surface area contributed by atoms with E-state index >= 15 is 4.39 Å². The monoisotopic (exact) mass is 410 g/mol. The standard InChI is InChI=1S/C25H21ClF2O/c26-20-9-7-19(8-10-20)25(18-5-6-18)24(28)15-4-17-2-1-3-23(16-17)29-22-13-11-21(27)12-14-22/h1-3,7-16,18,25H,4-6H2/b24-15+. The van der Waals surface area contributed by atoms with Gasteiger partial charge < -0.3 is 4.74 Å². The Bertz CT molecular complexity index is 992. The molecule has 0 bridgehead atoms. The lowest BCUT2D eigenvalue weighted by atomic mass is 9.92. The lowest BCUT2D eigenvalue weighted by Crippen LogP contribution is -2.02. The molecule has 1 nitrogen and oxygen atoms in total. The molecule has 0 aliphatic heterocycles. The van der Waals surface area contributed by atoms with E-state index in [9.17, 15) is 4.39 Å². The molecule has 1 fully saturated rings. The van der Waals surface area contributed by atoms with Crippen molar-refractivity contribution in [3.63, 3.8) is 0 Å². The minimum atomic E-state index is -0.308. The summed E-state index contributed by atoms with van der Waals surface area (Å²) in [7, 11) is 0. The fraction of sp³-hybridized carbons (Fsp3) is 0.200. The van der Waals surface area contributed by atoms with Crippen molar-refractivity contribution in [3.05, 3.63) is 107 Å². The van der Waals surface area contributed by atoms with Crippen LogP contribution >= 0.6 is 11.6 Å². The Balaban J connectivity index is 1.47. The Morgan fingerprint density at radius 1 is 1.00 bits per heavy atom. The van der Waals surface area contributed by atoms with E-state index in [-0.39, 0.29) is 17.6 Å². The van der Waals surface area contributed by atoms with E-state index in [1.54, 1.807) is 18.2 Å². The summed E-state index contributed by atoms with van der Waals surface area (Å²) in [5.74, 6) is 0.949. The molecule has 0 amide bonds. The van der Waals surface area contributed by atoms with Crippen LogP contribution in [0.1, 0.15) is 29.9 Å². The van der Waals surface area contributed by atoms with Crippen LogP contribution in [0.3, 0.4) is 0 Å². The van der Waals surface area contributed by atoms with Crippen LogP contribution in [0.5, 0.6) is 11.5 Å². The summed E-state index contributed by atoms with van der Waals surface area (Å²) in [6, 6.07) is 20.8. The second-order valence-electron chi connectivity index (χ2n) is 7.36. The van der Waals surface area contributed by atoms with Gasteiger partial charge in [-0.15, -0.1) is 0 Å². The summed E-state index contributed by atoms with van der Waals surface area (Å²) in [5, 5.41) is 0.658. The summed E-state index contributed by atoms with van der Waals surface area (Å²) in [5.41, 5.74) is 1.92. The van der Waals surface area contributed by atoms with E-state index in [0.29, 0.717) is 28.9 Å². The quantitative estimate of drug-likeness (QED) is 0.385. The highest BCUT2D eigenvalue weighted by atomic mass is 35.5. The summed E-state index contributed by atoms with van der Waals surface area (Å²) in [6.45, 7) is 0. The van der Waals surface area contributed by atoms with E-state index in [1.807, 2.05) is 48.5 Å². The third kappa shape index (κ3) is 5.24. The van der Waals surface area contributed by atoms with Gasteiger partial charge in [0.2, 0.25) is 0 Å². The first-order valence-electron chi connectivity index (χ1n) is 9.72. The minimum Gasteiger partial charge on any atom is -0.457 e. The summed E-state index contributed by atoms with van der Waals surface area (Å²) in [4.78, 5) is 0. The normalized spacial score (nSPS) is 15.2. The summed E-state index contributed by atoms with van der Waals surface area (Å²) in [6.07, 6.45) is 4.24. The molecule has 1 aliphatic carbocycles. The van der Waals surface area contributed by atoms with Crippen LogP contribution < -0.4 is 4.74 Å². The Morgan fingerprint density at radius 2 is 1.72 bits per heavy atom. The van der Waals surface area contributed by atoms with Gasteiger partial charge in [-0.3, -0.25) is 0 Å². The van der Waals surface area contributed by atoms with E-state index in [4.69, 9.17) is 16.3 Å². The topological polar surface area (TPSA) is 9.23 Å². The first kappa shape index (κ1) is 19.7. The van der Waals surface area contributed by atoms with Crippen LogP contribution in [0, 0.1) is 11.7 Å². The second-order valence-corrected chi connectivity index (χ2v) is 7.80. The van der Waals surface area contributed by atoms with Crippen molar-refractivity contribution in [1.82, 2.24) is 0 Å². The van der Waals surface area contributed by atoms with Crippen LogP contribution in [0.25, 0.3) is 0 Å². The second kappa shape index (κ2) is 8.79. The average molecular weight is 411 g/mol. The van der Waals surface area contributed by atoms with Gasteiger partial charge in [-0.05, 0) is 90.9 Å². The smallest absolute Gasteiger partial charge is 0.127 e. The first-order valence-corrected chi connectivity index (χ1v) is 10.1. The lowest BCUT2D eigenvalue weighted by Gasteiger charge is -2.15. The zero-order valence-electron chi connectivity index (χ0n) is 15.8. The molecule has 29 heavy (non-hydrogen) atoms. The number of halogens is 3. The first-order chi connectivity index (χ1) is 14.1. The van der Waals surface area contributed by atoms with Crippen LogP contribution in [-0.2, 0) is 6.42 Å². The van der Waals surface area contributed by atoms with Gasteiger partial charge in [0.25, 0.3) is 0 Å². The Hall–Kier alpha value is -2.65. The number of hydrogen-bond donors (Lipinski definition) is 0. The fourth-order valence-corrected chi connectivity index (χ4v) is 3.60. The number of hydrogen-bond acceptors (Lipinski definition) is 1. The number of allylic oxidation sites excluding steroid dienone is 2. The van der Waals surface area contributed by atoms with E-state index in [2.05, 4.69) is 0 Å². The van der Waals surface area contributed by atoms with Crippen molar-refractivity contribution in [1.29, 1.82) is 0 Å². The third-order valence-corrected chi connectivity index (χ3v) is 5.35. The lowest BCUT2D eigenvalue weighted by molar-refractivity contribution is 0.480. The molecule has 3 aromatic carbocycles. The van der Waals surface area contributed by atoms with Gasteiger partial charge in [-0.25, -0.2) is 8.78 Å². The summed E-state index contributed by atoms with van der Waals surface area (Å²) >= 11 is 5.97. The molecule has 1 atom stereocenters. The molecular formula is C25H21ClF2O. The molecule has 0 spiro atoms. The largest absolute Gasteiger partial charge is 0.457 e. The molecule has 0 saturated heterocycles. The van der Waals surface area contributed by atoms with Gasteiger partial charge in [0.05, 0.1) is 0 Å². The maximum Gasteiger partial charge on any atom is 0.127 e. The maximum atomic E-state index is 15.1. The minimum absolute atomic E-state index is 0.0975. The molecule has 1 unspecified atom stereocenters. The molecule has 0 N–H and O–H groups in total. The fourth-order valence-electron chi connectivity index (χ4n) is 3.47. The van der Waals surface area contributed by atoms with Gasteiger partial charge in [-0.1, -0.05) is 35.9 Å². The molecule has 1 aliphatic rings. The zero-order valence-corrected chi connectivity index (χ0v) is 16.6. The molecule has 4 heteroatoms. The molecular weight excluding hydrogens is 390 g/mol. The molecule has 4 rings (SSSR count). The van der Waals surface area contributed by atoms with Crippen molar-refractivity contribution < 1.29 is 13.5 Å². The maximum absolute atomic E-state index is 15.1. The highest BCUT2D eigenvalue weighted by molar-refractivity contribution is 6.30. The predicted molar refractivity (Wildman–Crippen MR) is 113 cm³/mol. The van der Waals surface area contributed by atoms with Crippen LogP contribution in [0.2, 0.25) is 5.02 Å². The van der Waals surface area contributed by atoms with Crippen molar-refractivity contribution in [3.8, 4) is 11.5 Å². The van der Waals surface area contributed by atoms with Gasteiger partial charge in [0.15, 0.2) is 0 Å². The van der Waals surface area contributed by atoms with E-state index in [0.717, 1.165) is 24.0 Å². The van der Waals surface area contributed by atoms with Crippen molar-refractivity contribution in [2.24, 2.45) is 5.92 Å². The highest BCUT2D eigenvalue weighted by Gasteiger charge is 2.35. The van der Waals surface area contributed by atoms with Crippen molar-refractivity contribution in [2.75, 3.05) is 0 Å². The molecule has 148 valence electrons. The van der Waals surface area contributed by atoms with Gasteiger partial charge in [-0.2, -0.15) is 0 Å². The predicted octanol–water partition coefficient (Wildman–Crippen LogP) is 7.86. The number of ether oxygens (including phenoxy) is 1.